The maximum absolute atomic E-state index is 12.6. The van der Waals surface area contributed by atoms with Crippen LogP contribution < -0.4 is 10.6 Å². The number of fused-ring (bicyclic) bond motifs is 1. The summed E-state index contributed by atoms with van der Waals surface area (Å²) in [6.45, 7) is 0.328. The molecule has 6 nitrogen and oxygen atoms in total. The Morgan fingerprint density at radius 2 is 1.60 bits per heavy atom. The molecular formula is C24H22N4O2. The molecule has 2 aromatic heterocycles. The second-order valence-corrected chi connectivity index (χ2v) is 6.98. The number of amides is 2. The average molecular weight is 398 g/mol. The summed E-state index contributed by atoms with van der Waals surface area (Å²) in [5, 5.41) is 5.89. The third kappa shape index (κ3) is 4.72. The van der Waals surface area contributed by atoms with Crippen molar-refractivity contribution >= 4 is 17.5 Å². The van der Waals surface area contributed by atoms with Crippen molar-refractivity contribution in [3.63, 3.8) is 0 Å². The van der Waals surface area contributed by atoms with Crippen LogP contribution in [0, 0.1) is 0 Å². The van der Waals surface area contributed by atoms with Gasteiger partial charge in [-0.3, -0.25) is 9.59 Å². The van der Waals surface area contributed by atoms with E-state index < -0.39 is 6.04 Å². The van der Waals surface area contributed by atoms with Crippen molar-refractivity contribution in [2.75, 3.05) is 0 Å². The van der Waals surface area contributed by atoms with E-state index in [9.17, 15) is 9.59 Å². The van der Waals surface area contributed by atoms with Crippen molar-refractivity contribution in [1.82, 2.24) is 20.0 Å². The quantitative estimate of drug-likeness (QED) is 0.500. The predicted octanol–water partition coefficient (Wildman–Crippen LogP) is 3.51. The third-order valence-electron chi connectivity index (χ3n) is 4.81. The Kier molecular flexibility index (Phi) is 5.85. The molecule has 0 radical (unpaired) electrons. The molecule has 2 N–H and O–H groups in total. The van der Waals surface area contributed by atoms with Gasteiger partial charge in [0.2, 0.25) is 5.91 Å². The van der Waals surface area contributed by atoms with Gasteiger partial charge in [-0.2, -0.15) is 0 Å². The molecule has 4 rings (SSSR count). The summed E-state index contributed by atoms with van der Waals surface area (Å²) in [5.41, 5.74) is 3.05. The zero-order chi connectivity index (χ0) is 20.8. The van der Waals surface area contributed by atoms with E-state index in [-0.39, 0.29) is 18.2 Å². The molecule has 0 saturated carbocycles. The van der Waals surface area contributed by atoms with E-state index >= 15 is 0 Å². The first-order chi connectivity index (χ1) is 14.7. The van der Waals surface area contributed by atoms with Gasteiger partial charge in [0, 0.05) is 18.0 Å². The number of nitrogens with zero attached hydrogens (tertiary/aromatic N) is 2. The minimum Gasteiger partial charge on any atom is -0.350 e. The Morgan fingerprint density at radius 3 is 2.33 bits per heavy atom. The highest BCUT2D eigenvalue weighted by atomic mass is 16.2. The number of hydrogen-bond donors (Lipinski definition) is 2. The molecule has 0 bridgehead atoms. The number of pyridine rings is 1. The second-order valence-electron chi connectivity index (χ2n) is 6.98. The maximum atomic E-state index is 12.6. The van der Waals surface area contributed by atoms with Gasteiger partial charge in [0.15, 0.2) is 0 Å². The van der Waals surface area contributed by atoms with Crippen LogP contribution in [0.15, 0.2) is 91.3 Å². The summed E-state index contributed by atoms with van der Waals surface area (Å²) in [6, 6.07) is 23.8. The van der Waals surface area contributed by atoms with E-state index in [2.05, 4.69) is 15.6 Å². The van der Waals surface area contributed by atoms with Crippen molar-refractivity contribution in [3.8, 4) is 0 Å². The van der Waals surface area contributed by atoms with E-state index in [4.69, 9.17) is 0 Å². The molecule has 2 heterocycles. The van der Waals surface area contributed by atoms with E-state index in [1.54, 1.807) is 12.1 Å². The molecule has 30 heavy (non-hydrogen) atoms. The summed E-state index contributed by atoms with van der Waals surface area (Å²) in [7, 11) is 0. The zero-order valence-corrected chi connectivity index (χ0v) is 16.4. The lowest BCUT2D eigenvalue weighted by atomic mass is 10.0. The van der Waals surface area contributed by atoms with Gasteiger partial charge in [-0.1, -0.05) is 54.6 Å². The molecule has 6 heteroatoms. The van der Waals surface area contributed by atoms with Crippen LogP contribution >= 0.6 is 0 Å². The summed E-state index contributed by atoms with van der Waals surface area (Å²) >= 11 is 0. The number of imidazole rings is 1. The Morgan fingerprint density at radius 1 is 0.900 bits per heavy atom. The topological polar surface area (TPSA) is 75.5 Å². The monoisotopic (exact) mass is 398 g/mol. The first kappa shape index (κ1) is 19.4. The van der Waals surface area contributed by atoms with Gasteiger partial charge >= 0.3 is 0 Å². The normalized spacial score (nSPS) is 11.7. The zero-order valence-electron chi connectivity index (χ0n) is 16.4. The second kappa shape index (κ2) is 9.05. The SMILES string of the molecule is O=C(C[C@H](NC(=O)c1ccccc1)c1ccccc1)NCc1cn2ccccc2n1. The molecule has 0 saturated heterocycles. The van der Waals surface area contributed by atoms with Crippen LogP contribution in [0.4, 0.5) is 0 Å². The minimum absolute atomic E-state index is 0.135. The van der Waals surface area contributed by atoms with Crippen LogP contribution in [0.3, 0.4) is 0 Å². The Hall–Kier alpha value is -3.93. The molecule has 0 fully saturated rings. The number of nitrogens with one attached hydrogen (secondary N) is 2. The van der Waals surface area contributed by atoms with E-state index in [0.29, 0.717) is 12.1 Å². The lowest BCUT2D eigenvalue weighted by Crippen LogP contribution is -2.33. The third-order valence-corrected chi connectivity index (χ3v) is 4.81. The van der Waals surface area contributed by atoms with Gasteiger partial charge in [0.25, 0.3) is 5.91 Å². The highest BCUT2D eigenvalue weighted by molar-refractivity contribution is 5.94. The van der Waals surface area contributed by atoms with Crippen molar-refractivity contribution in [3.05, 3.63) is 108 Å². The molecule has 0 aliphatic rings. The molecule has 0 aliphatic carbocycles. The first-order valence-electron chi connectivity index (χ1n) is 9.79. The van der Waals surface area contributed by atoms with Crippen LogP contribution in [0.2, 0.25) is 0 Å². The van der Waals surface area contributed by atoms with Gasteiger partial charge < -0.3 is 15.0 Å². The summed E-state index contributed by atoms with van der Waals surface area (Å²) in [4.78, 5) is 29.8. The predicted molar refractivity (Wildman–Crippen MR) is 115 cm³/mol. The van der Waals surface area contributed by atoms with Gasteiger partial charge in [-0.25, -0.2) is 4.98 Å². The van der Waals surface area contributed by atoms with Crippen LogP contribution in [-0.4, -0.2) is 21.2 Å². The van der Waals surface area contributed by atoms with Crippen LogP contribution in [0.1, 0.15) is 34.1 Å². The standard InChI is InChI=1S/C24H22N4O2/c29-23(25-16-20-17-28-14-8-7-13-22(28)26-20)15-21(18-9-3-1-4-10-18)27-24(30)19-11-5-2-6-12-19/h1-14,17,21H,15-16H2,(H,25,29)(H,27,30)/t21-/m0/s1. The highest BCUT2D eigenvalue weighted by Crippen LogP contribution is 2.17. The molecule has 150 valence electrons. The maximum Gasteiger partial charge on any atom is 0.251 e. The number of aromatic nitrogens is 2. The summed E-state index contributed by atoms with van der Waals surface area (Å²) in [6.07, 6.45) is 3.94. The van der Waals surface area contributed by atoms with Gasteiger partial charge in [0.05, 0.1) is 24.7 Å². The highest BCUT2D eigenvalue weighted by Gasteiger charge is 2.19. The van der Waals surface area contributed by atoms with E-state index in [0.717, 1.165) is 16.9 Å². The molecule has 2 aromatic carbocycles. The van der Waals surface area contributed by atoms with E-state index in [1.807, 2.05) is 83.5 Å². The fraction of sp³-hybridized carbons (Fsp3) is 0.125. The van der Waals surface area contributed by atoms with Crippen LogP contribution in [-0.2, 0) is 11.3 Å². The Balaban J connectivity index is 1.43. The molecule has 2 amide bonds. The molecule has 1 atom stereocenters. The first-order valence-corrected chi connectivity index (χ1v) is 9.79. The van der Waals surface area contributed by atoms with Crippen molar-refractivity contribution in [2.24, 2.45) is 0 Å². The number of hydrogen-bond acceptors (Lipinski definition) is 3. The average Bonchev–Trinajstić information content (AvgIpc) is 3.21. The Labute approximate surface area is 174 Å². The fourth-order valence-corrected chi connectivity index (χ4v) is 3.29. The molecule has 0 unspecified atom stereocenters. The van der Waals surface area contributed by atoms with Crippen molar-refractivity contribution < 1.29 is 9.59 Å². The number of carbonyl (C=O) groups excluding carboxylic acids is 2. The number of benzene rings is 2. The van der Waals surface area contributed by atoms with Crippen LogP contribution in [0.5, 0.6) is 0 Å². The number of rotatable bonds is 7. The molecule has 0 spiro atoms. The molecular weight excluding hydrogens is 376 g/mol. The van der Waals surface area contributed by atoms with Gasteiger partial charge in [-0.15, -0.1) is 0 Å². The Bertz CT molecular complexity index is 1110. The lowest BCUT2D eigenvalue weighted by Gasteiger charge is -2.19. The smallest absolute Gasteiger partial charge is 0.251 e. The van der Waals surface area contributed by atoms with Gasteiger partial charge in [0.1, 0.15) is 5.65 Å². The summed E-state index contributed by atoms with van der Waals surface area (Å²) < 4.78 is 1.91. The summed E-state index contributed by atoms with van der Waals surface area (Å²) in [5.74, 6) is -0.369. The van der Waals surface area contributed by atoms with Crippen molar-refractivity contribution in [1.29, 1.82) is 0 Å². The molecule has 4 aromatic rings. The molecule has 0 aliphatic heterocycles. The van der Waals surface area contributed by atoms with Gasteiger partial charge in [-0.05, 0) is 29.8 Å². The van der Waals surface area contributed by atoms with Crippen molar-refractivity contribution in [2.45, 2.75) is 19.0 Å². The lowest BCUT2D eigenvalue weighted by molar-refractivity contribution is -0.121. The largest absolute Gasteiger partial charge is 0.350 e. The number of carbonyl (C=O) groups is 2. The minimum atomic E-state index is -0.431. The van der Waals surface area contributed by atoms with E-state index in [1.165, 1.54) is 0 Å². The fourth-order valence-electron chi connectivity index (χ4n) is 3.29. The van der Waals surface area contributed by atoms with Crippen LogP contribution in [0.25, 0.3) is 5.65 Å².